The van der Waals surface area contributed by atoms with Crippen molar-refractivity contribution in [2.75, 3.05) is 0 Å². The van der Waals surface area contributed by atoms with Gasteiger partial charge in [0.2, 0.25) is 0 Å². The van der Waals surface area contributed by atoms with Gasteiger partial charge < -0.3 is 5.11 Å². The number of hydrogen-bond acceptors (Lipinski definition) is 2. The number of aromatic carboxylic acids is 1. The summed E-state index contributed by atoms with van der Waals surface area (Å²) in [6.07, 6.45) is 1.74. The number of carboxylic acid groups (broad SMARTS) is 1. The predicted molar refractivity (Wildman–Crippen MR) is 57.9 cm³/mol. The van der Waals surface area contributed by atoms with Crippen molar-refractivity contribution in [1.29, 1.82) is 0 Å². The van der Waals surface area contributed by atoms with Gasteiger partial charge >= 0.3 is 5.97 Å². The first kappa shape index (κ1) is 11.8. The fraction of sp³-hybridized carbons (Fsp3) is 0.636. The van der Waals surface area contributed by atoms with Crippen LogP contribution in [0.1, 0.15) is 44.2 Å². The Labute approximate surface area is 89.9 Å². The van der Waals surface area contributed by atoms with Crippen LogP contribution in [0.15, 0.2) is 12.3 Å². The molecule has 0 saturated carbocycles. The molecule has 1 heterocycles. The van der Waals surface area contributed by atoms with Gasteiger partial charge in [-0.3, -0.25) is 4.68 Å². The zero-order valence-electron chi connectivity index (χ0n) is 9.64. The van der Waals surface area contributed by atoms with Crippen LogP contribution in [0.2, 0.25) is 0 Å². The minimum absolute atomic E-state index is 0.112. The van der Waals surface area contributed by atoms with E-state index in [0.717, 1.165) is 0 Å². The minimum Gasteiger partial charge on any atom is -0.476 e. The second kappa shape index (κ2) is 4.47. The van der Waals surface area contributed by atoms with Crippen molar-refractivity contribution >= 4 is 5.97 Å². The van der Waals surface area contributed by atoms with Crippen molar-refractivity contribution in [3.05, 3.63) is 18.0 Å². The lowest BCUT2D eigenvalue weighted by atomic mass is 9.93. The zero-order chi connectivity index (χ0) is 11.6. The van der Waals surface area contributed by atoms with E-state index in [4.69, 9.17) is 5.11 Å². The molecule has 0 bridgehead atoms. The topological polar surface area (TPSA) is 55.1 Å². The highest BCUT2D eigenvalue weighted by Crippen LogP contribution is 2.25. The Balaban J connectivity index is 2.97. The Hall–Kier alpha value is -1.32. The summed E-state index contributed by atoms with van der Waals surface area (Å²) < 4.78 is 1.76. The summed E-state index contributed by atoms with van der Waals surface area (Å²) in [7, 11) is 0. The number of carboxylic acids is 1. The molecule has 4 nitrogen and oxygen atoms in total. The summed E-state index contributed by atoms with van der Waals surface area (Å²) in [5, 5.41) is 12.9. The molecule has 0 fully saturated rings. The molecule has 0 amide bonds. The van der Waals surface area contributed by atoms with Crippen LogP contribution in [0.25, 0.3) is 0 Å². The zero-order valence-corrected chi connectivity index (χ0v) is 9.64. The molecule has 0 aliphatic heterocycles. The molecule has 0 aliphatic rings. The van der Waals surface area contributed by atoms with Crippen LogP contribution in [-0.2, 0) is 0 Å². The minimum atomic E-state index is -0.972. The number of nitrogens with zero attached hydrogens (tertiary/aromatic N) is 2. The smallest absolute Gasteiger partial charge is 0.356 e. The number of aromatic nitrogens is 2. The van der Waals surface area contributed by atoms with Gasteiger partial charge in [0, 0.05) is 6.20 Å². The van der Waals surface area contributed by atoms with Gasteiger partial charge in [0.05, 0.1) is 6.04 Å². The van der Waals surface area contributed by atoms with Gasteiger partial charge in [0.15, 0.2) is 5.69 Å². The molecule has 0 atom stereocenters. The highest BCUT2D eigenvalue weighted by Gasteiger charge is 2.21. The van der Waals surface area contributed by atoms with Crippen molar-refractivity contribution in [1.82, 2.24) is 9.78 Å². The molecule has 4 heteroatoms. The first-order valence-corrected chi connectivity index (χ1v) is 5.22. The molecule has 0 aromatic carbocycles. The number of hydrogen-bond donors (Lipinski definition) is 1. The van der Waals surface area contributed by atoms with Gasteiger partial charge in [-0.05, 0) is 17.9 Å². The molecule has 0 unspecified atom stereocenters. The Morgan fingerprint density at radius 1 is 1.33 bits per heavy atom. The van der Waals surface area contributed by atoms with Crippen molar-refractivity contribution in [2.45, 2.75) is 33.7 Å². The number of carbonyl (C=O) groups is 1. The van der Waals surface area contributed by atoms with Gasteiger partial charge in [0.25, 0.3) is 0 Å². The van der Waals surface area contributed by atoms with Gasteiger partial charge in [-0.2, -0.15) is 5.10 Å². The highest BCUT2D eigenvalue weighted by molar-refractivity contribution is 5.85. The molecule has 0 aliphatic carbocycles. The lowest BCUT2D eigenvalue weighted by Crippen LogP contribution is -2.21. The fourth-order valence-electron chi connectivity index (χ4n) is 2.00. The lowest BCUT2D eigenvalue weighted by Gasteiger charge is -2.25. The summed E-state index contributed by atoms with van der Waals surface area (Å²) in [5.41, 5.74) is 0.112. The quantitative estimate of drug-likeness (QED) is 0.830. The average Bonchev–Trinajstić information content (AvgIpc) is 2.51. The Bertz CT molecular complexity index is 334. The maximum absolute atomic E-state index is 10.7. The standard InChI is InChI=1S/C11H18N2O2/c1-7(2)10(8(3)4)13-6-5-9(12-13)11(14)15/h5-8,10H,1-4H3,(H,14,15). The molecule has 1 aromatic heterocycles. The van der Waals surface area contributed by atoms with E-state index in [1.165, 1.54) is 0 Å². The third-order valence-electron chi connectivity index (χ3n) is 2.50. The fourth-order valence-corrected chi connectivity index (χ4v) is 2.00. The van der Waals surface area contributed by atoms with E-state index < -0.39 is 5.97 Å². The molecule has 15 heavy (non-hydrogen) atoms. The van der Waals surface area contributed by atoms with Crippen LogP contribution in [0, 0.1) is 11.8 Å². The number of rotatable bonds is 4. The Morgan fingerprint density at radius 2 is 1.87 bits per heavy atom. The molecule has 1 N–H and O–H groups in total. The Kier molecular flexibility index (Phi) is 3.50. The van der Waals surface area contributed by atoms with Crippen LogP contribution >= 0.6 is 0 Å². The van der Waals surface area contributed by atoms with Crippen LogP contribution in [-0.4, -0.2) is 20.9 Å². The second-order valence-electron chi connectivity index (χ2n) is 4.46. The molecule has 0 spiro atoms. The predicted octanol–water partition coefficient (Wildman–Crippen LogP) is 2.43. The summed E-state index contributed by atoms with van der Waals surface area (Å²) in [4.78, 5) is 10.7. The van der Waals surface area contributed by atoms with Crippen LogP contribution in [0.3, 0.4) is 0 Å². The molecule has 0 saturated heterocycles. The molecule has 0 radical (unpaired) electrons. The van der Waals surface area contributed by atoms with E-state index in [-0.39, 0.29) is 11.7 Å². The van der Waals surface area contributed by atoms with Crippen molar-refractivity contribution in [3.63, 3.8) is 0 Å². The largest absolute Gasteiger partial charge is 0.476 e. The maximum atomic E-state index is 10.7. The van der Waals surface area contributed by atoms with Gasteiger partial charge in [-0.15, -0.1) is 0 Å². The van der Waals surface area contributed by atoms with Gasteiger partial charge in [0.1, 0.15) is 0 Å². The van der Waals surface area contributed by atoms with Gasteiger partial charge in [-0.25, -0.2) is 4.79 Å². The normalized spacial score (nSPS) is 11.7. The van der Waals surface area contributed by atoms with Crippen molar-refractivity contribution in [2.24, 2.45) is 11.8 Å². The van der Waals surface area contributed by atoms with Crippen molar-refractivity contribution in [3.8, 4) is 0 Å². The van der Waals surface area contributed by atoms with E-state index in [0.29, 0.717) is 11.8 Å². The van der Waals surface area contributed by atoms with Crippen LogP contribution < -0.4 is 0 Å². The highest BCUT2D eigenvalue weighted by atomic mass is 16.4. The average molecular weight is 210 g/mol. The maximum Gasteiger partial charge on any atom is 0.356 e. The SMILES string of the molecule is CC(C)C(C(C)C)n1ccc(C(=O)O)n1. The summed E-state index contributed by atoms with van der Waals surface area (Å²) >= 11 is 0. The molecular formula is C11H18N2O2. The molecule has 84 valence electrons. The van der Waals surface area contributed by atoms with Crippen LogP contribution in [0.4, 0.5) is 0 Å². The van der Waals surface area contributed by atoms with Crippen LogP contribution in [0.5, 0.6) is 0 Å². The first-order chi connectivity index (χ1) is 6.93. The molecule has 1 aromatic rings. The lowest BCUT2D eigenvalue weighted by molar-refractivity contribution is 0.0688. The van der Waals surface area contributed by atoms with E-state index in [9.17, 15) is 4.79 Å². The van der Waals surface area contributed by atoms with E-state index in [2.05, 4.69) is 32.8 Å². The molecular weight excluding hydrogens is 192 g/mol. The summed E-state index contributed by atoms with van der Waals surface area (Å²) in [6.45, 7) is 8.47. The first-order valence-electron chi connectivity index (χ1n) is 5.22. The monoisotopic (exact) mass is 210 g/mol. The molecule has 1 rings (SSSR count). The van der Waals surface area contributed by atoms with E-state index >= 15 is 0 Å². The summed E-state index contributed by atoms with van der Waals surface area (Å²) in [6, 6.07) is 1.79. The third kappa shape index (κ3) is 2.58. The Morgan fingerprint density at radius 3 is 2.20 bits per heavy atom. The van der Waals surface area contributed by atoms with E-state index in [1.54, 1.807) is 16.9 Å². The van der Waals surface area contributed by atoms with E-state index in [1.807, 2.05) is 0 Å². The second-order valence-corrected chi connectivity index (χ2v) is 4.46. The summed E-state index contributed by atoms with van der Waals surface area (Å²) in [5.74, 6) is -0.0990. The van der Waals surface area contributed by atoms with Gasteiger partial charge in [-0.1, -0.05) is 27.7 Å². The third-order valence-corrected chi connectivity index (χ3v) is 2.50. The van der Waals surface area contributed by atoms with Crippen molar-refractivity contribution < 1.29 is 9.90 Å².